The number of ether oxygens (including phenoxy) is 3. The van der Waals surface area contributed by atoms with Gasteiger partial charge < -0.3 is 34.6 Å². The number of hydrogen-bond acceptors (Lipinski definition) is 7. The number of hydrogen-bond donors (Lipinski definition) is 4. The molecule has 4 N–H and O–H groups in total. The van der Waals surface area contributed by atoms with Crippen LogP contribution in [0.4, 0.5) is 0 Å². The van der Waals surface area contributed by atoms with E-state index in [9.17, 15) is 15.3 Å². The van der Waals surface area contributed by atoms with Crippen molar-refractivity contribution >= 4 is 0 Å². The van der Waals surface area contributed by atoms with E-state index in [-0.39, 0.29) is 0 Å². The Bertz CT molecular complexity index is 327. The first-order valence-electron chi connectivity index (χ1n) is 5.58. The van der Waals surface area contributed by atoms with Crippen molar-refractivity contribution in [2.45, 2.75) is 37.0 Å². The van der Waals surface area contributed by atoms with Crippen LogP contribution in [0.25, 0.3) is 0 Å². The predicted molar refractivity (Wildman–Crippen MR) is 58.0 cm³/mol. The molecule has 2 aliphatic rings. The summed E-state index contributed by atoms with van der Waals surface area (Å²) in [5, 5.41) is 37.8. The maximum atomic E-state index is 9.71. The fourth-order valence-electron chi connectivity index (χ4n) is 1.76. The molecule has 1 unspecified atom stereocenters. The summed E-state index contributed by atoms with van der Waals surface area (Å²) >= 11 is 0. The zero-order valence-electron chi connectivity index (χ0n) is 9.49. The molecule has 1 saturated heterocycles. The van der Waals surface area contributed by atoms with Crippen LogP contribution < -0.4 is 0 Å². The highest BCUT2D eigenvalue weighted by Crippen LogP contribution is 2.23. The molecule has 2 rings (SSSR count). The SMILES string of the molecule is OC[C@H]1O[C@H](OC2C=CC=CO2)[C@@H](O)[C@@H](O)[C@@H]1O. The molecule has 6 atom stereocenters. The summed E-state index contributed by atoms with van der Waals surface area (Å²) in [5.74, 6) is 0. The van der Waals surface area contributed by atoms with Gasteiger partial charge in [0, 0.05) is 0 Å². The van der Waals surface area contributed by atoms with Crippen molar-refractivity contribution in [3.63, 3.8) is 0 Å². The summed E-state index contributed by atoms with van der Waals surface area (Å²) in [5.41, 5.74) is 0. The molecule has 0 aromatic heterocycles. The summed E-state index contributed by atoms with van der Waals surface area (Å²) in [6.07, 6.45) is -0.863. The van der Waals surface area contributed by atoms with Gasteiger partial charge in [0.2, 0.25) is 6.29 Å². The van der Waals surface area contributed by atoms with Crippen LogP contribution in [-0.2, 0) is 14.2 Å². The van der Waals surface area contributed by atoms with Gasteiger partial charge >= 0.3 is 0 Å². The van der Waals surface area contributed by atoms with Crippen LogP contribution in [0.3, 0.4) is 0 Å². The second-order valence-electron chi connectivity index (χ2n) is 4.05. The normalized spacial score (nSPS) is 43.8. The number of aliphatic hydroxyl groups excluding tert-OH is 4. The van der Waals surface area contributed by atoms with E-state index in [0.717, 1.165) is 0 Å². The summed E-state index contributed by atoms with van der Waals surface area (Å²) in [6.45, 7) is -0.494. The summed E-state index contributed by atoms with van der Waals surface area (Å²) in [4.78, 5) is 0. The Labute approximate surface area is 104 Å². The smallest absolute Gasteiger partial charge is 0.221 e. The van der Waals surface area contributed by atoms with Crippen molar-refractivity contribution in [2.75, 3.05) is 6.61 Å². The van der Waals surface area contributed by atoms with E-state index in [1.165, 1.54) is 6.26 Å². The van der Waals surface area contributed by atoms with Gasteiger partial charge in [0.25, 0.3) is 0 Å². The fraction of sp³-hybridized carbons (Fsp3) is 0.636. The average molecular weight is 260 g/mol. The van der Waals surface area contributed by atoms with Gasteiger partial charge in [0.1, 0.15) is 24.4 Å². The first-order valence-corrected chi connectivity index (χ1v) is 5.58. The van der Waals surface area contributed by atoms with Crippen molar-refractivity contribution in [1.29, 1.82) is 0 Å². The maximum absolute atomic E-state index is 9.71. The van der Waals surface area contributed by atoms with Gasteiger partial charge in [-0.15, -0.1) is 0 Å². The van der Waals surface area contributed by atoms with Gasteiger partial charge in [-0.25, -0.2) is 0 Å². The topological polar surface area (TPSA) is 109 Å². The molecule has 2 aliphatic heterocycles. The quantitative estimate of drug-likeness (QED) is 0.475. The molecule has 102 valence electrons. The third kappa shape index (κ3) is 2.72. The van der Waals surface area contributed by atoms with E-state index in [1.54, 1.807) is 18.2 Å². The van der Waals surface area contributed by atoms with E-state index in [1.807, 2.05) is 0 Å². The van der Waals surface area contributed by atoms with Gasteiger partial charge in [-0.1, -0.05) is 6.08 Å². The molecule has 0 aliphatic carbocycles. The predicted octanol–water partition coefficient (Wildman–Crippen LogP) is -1.77. The third-order valence-electron chi connectivity index (χ3n) is 2.79. The van der Waals surface area contributed by atoms with Gasteiger partial charge in [-0.05, 0) is 12.2 Å². The maximum Gasteiger partial charge on any atom is 0.221 e. The Hall–Kier alpha value is -0.960. The highest BCUT2D eigenvalue weighted by atomic mass is 16.8. The van der Waals surface area contributed by atoms with Gasteiger partial charge in [-0.3, -0.25) is 0 Å². The minimum Gasteiger partial charge on any atom is -0.469 e. The van der Waals surface area contributed by atoms with Crippen LogP contribution in [0.2, 0.25) is 0 Å². The zero-order chi connectivity index (χ0) is 13.1. The lowest BCUT2D eigenvalue weighted by molar-refractivity contribution is -0.325. The second-order valence-corrected chi connectivity index (χ2v) is 4.05. The number of rotatable bonds is 3. The molecule has 0 aromatic carbocycles. The number of aliphatic hydroxyl groups is 4. The summed E-state index contributed by atoms with van der Waals surface area (Å²) < 4.78 is 15.5. The van der Waals surface area contributed by atoms with Crippen LogP contribution >= 0.6 is 0 Å². The Morgan fingerprint density at radius 1 is 1.06 bits per heavy atom. The monoisotopic (exact) mass is 260 g/mol. The van der Waals surface area contributed by atoms with Crippen LogP contribution in [0.5, 0.6) is 0 Å². The Balaban J connectivity index is 1.98. The molecule has 18 heavy (non-hydrogen) atoms. The second kappa shape index (κ2) is 5.79. The van der Waals surface area contributed by atoms with Gasteiger partial charge in [0.15, 0.2) is 6.29 Å². The van der Waals surface area contributed by atoms with E-state index in [4.69, 9.17) is 19.3 Å². The minimum atomic E-state index is -1.45. The summed E-state index contributed by atoms with van der Waals surface area (Å²) in [6, 6.07) is 0. The van der Waals surface area contributed by atoms with Crippen LogP contribution in [-0.4, -0.2) is 64.0 Å². The molecular formula is C11H16O7. The third-order valence-corrected chi connectivity index (χ3v) is 2.79. The van der Waals surface area contributed by atoms with Crippen LogP contribution in [0.1, 0.15) is 0 Å². The first kappa shape index (κ1) is 13.5. The summed E-state index contributed by atoms with van der Waals surface area (Å²) in [7, 11) is 0. The molecular weight excluding hydrogens is 244 g/mol. The van der Waals surface area contributed by atoms with E-state index >= 15 is 0 Å². The van der Waals surface area contributed by atoms with Crippen LogP contribution in [0.15, 0.2) is 24.5 Å². The fourth-order valence-corrected chi connectivity index (χ4v) is 1.76. The van der Waals surface area contributed by atoms with Gasteiger partial charge in [-0.2, -0.15) is 0 Å². The van der Waals surface area contributed by atoms with Crippen molar-refractivity contribution in [2.24, 2.45) is 0 Å². The Morgan fingerprint density at radius 2 is 1.83 bits per heavy atom. The molecule has 0 spiro atoms. The Kier molecular flexibility index (Phi) is 4.33. The average Bonchev–Trinajstić information content (AvgIpc) is 2.40. The molecule has 0 bridgehead atoms. The molecule has 0 aromatic rings. The van der Waals surface area contributed by atoms with Crippen molar-refractivity contribution in [3.05, 3.63) is 24.5 Å². The standard InChI is InChI=1S/C11H16O7/c12-5-6-8(13)9(14)10(15)11(17-6)18-7-3-1-2-4-16-7/h1-4,6-15H,5H2/t6-,7?,8-,9+,10+,11-/m1/s1. The van der Waals surface area contributed by atoms with E-state index < -0.39 is 43.6 Å². The molecule has 0 saturated carbocycles. The Morgan fingerprint density at radius 3 is 2.44 bits per heavy atom. The van der Waals surface area contributed by atoms with Crippen molar-refractivity contribution in [3.8, 4) is 0 Å². The van der Waals surface area contributed by atoms with E-state index in [2.05, 4.69) is 0 Å². The largest absolute Gasteiger partial charge is 0.469 e. The molecule has 7 heteroatoms. The molecule has 0 radical (unpaired) electrons. The zero-order valence-corrected chi connectivity index (χ0v) is 9.49. The highest BCUT2D eigenvalue weighted by Gasteiger charge is 2.44. The van der Waals surface area contributed by atoms with Crippen molar-refractivity contribution < 1.29 is 34.6 Å². The minimum absolute atomic E-state index is 0.494. The van der Waals surface area contributed by atoms with Crippen LogP contribution in [0, 0.1) is 0 Å². The number of allylic oxidation sites excluding steroid dienone is 2. The lowest BCUT2D eigenvalue weighted by atomic mass is 9.99. The van der Waals surface area contributed by atoms with E-state index in [0.29, 0.717) is 0 Å². The molecule has 1 fully saturated rings. The van der Waals surface area contributed by atoms with Gasteiger partial charge in [0.05, 0.1) is 12.9 Å². The van der Waals surface area contributed by atoms with Crippen molar-refractivity contribution in [1.82, 2.24) is 0 Å². The molecule has 0 amide bonds. The highest BCUT2D eigenvalue weighted by molar-refractivity contribution is 5.05. The lowest BCUT2D eigenvalue weighted by Gasteiger charge is -2.40. The molecule has 7 nitrogen and oxygen atoms in total. The first-order chi connectivity index (χ1) is 8.63. The molecule has 2 heterocycles. The lowest BCUT2D eigenvalue weighted by Crippen LogP contribution is -2.59.